The van der Waals surface area contributed by atoms with Crippen LogP contribution in [0.25, 0.3) is 0 Å². The van der Waals surface area contributed by atoms with Crippen LogP contribution in [0.1, 0.15) is 26.3 Å². The van der Waals surface area contributed by atoms with Gasteiger partial charge in [0, 0.05) is 38.3 Å². The standard InChI is InChI=1S/C19H31N3O2/c1-5-21-10-12-22(13-11-21)19(3,4)15-20-18(23)14-24-17-8-6-16(2)7-9-17/h6-9H,5,10-15H2,1-4H3,(H,20,23). The lowest BCUT2D eigenvalue weighted by molar-refractivity contribution is -0.123. The van der Waals surface area contributed by atoms with Crippen LogP contribution in [0.3, 0.4) is 0 Å². The van der Waals surface area contributed by atoms with Gasteiger partial charge in [-0.05, 0) is 39.4 Å². The predicted molar refractivity (Wildman–Crippen MR) is 97.4 cm³/mol. The molecule has 0 saturated carbocycles. The van der Waals surface area contributed by atoms with E-state index in [-0.39, 0.29) is 18.1 Å². The summed E-state index contributed by atoms with van der Waals surface area (Å²) >= 11 is 0. The van der Waals surface area contributed by atoms with E-state index in [9.17, 15) is 4.79 Å². The molecule has 0 unspecified atom stereocenters. The Morgan fingerprint density at radius 1 is 1.17 bits per heavy atom. The number of hydrogen-bond donors (Lipinski definition) is 1. The summed E-state index contributed by atoms with van der Waals surface area (Å²) in [4.78, 5) is 17.0. The average Bonchev–Trinajstić information content (AvgIpc) is 2.59. The van der Waals surface area contributed by atoms with E-state index in [2.05, 4.69) is 35.9 Å². The minimum absolute atomic E-state index is 0.0423. The Morgan fingerprint density at radius 2 is 1.79 bits per heavy atom. The molecule has 0 aliphatic carbocycles. The zero-order valence-corrected chi connectivity index (χ0v) is 15.5. The number of benzene rings is 1. The molecule has 1 aliphatic heterocycles. The summed E-state index contributed by atoms with van der Waals surface area (Å²) in [6.07, 6.45) is 0. The van der Waals surface area contributed by atoms with E-state index >= 15 is 0 Å². The van der Waals surface area contributed by atoms with E-state index in [1.807, 2.05) is 31.2 Å². The molecular formula is C19H31N3O2. The summed E-state index contributed by atoms with van der Waals surface area (Å²) in [6, 6.07) is 7.73. The van der Waals surface area contributed by atoms with Gasteiger partial charge in [0.1, 0.15) is 5.75 Å². The van der Waals surface area contributed by atoms with Crippen molar-refractivity contribution in [3.8, 4) is 5.75 Å². The van der Waals surface area contributed by atoms with Gasteiger partial charge in [-0.15, -0.1) is 0 Å². The number of nitrogens with one attached hydrogen (secondary N) is 1. The molecule has 1 aromatic carbocycles. The van der Waals surface area contributed by atoms with Crippen molar-refractivity contribution in [1.29, 1.82) is 0 Å². The van der Waals surface area contributed by atoms with Crippen molar-refractivity contribution in [3.63, 3.8) is 0 Å². The van der Waals surface area contributed by atoms with Gasteiger partial charge in [0.2, 0.25) is 0 Å². The van der Waals surface area contributed by atoms with Crippen LogP contribution >= 0.6 is 0 Å². The van der Waals surface area contributed by atoms with Crippen LogP contribution in [-0.2, 0) is 4.79 Å². The normalized spacial score (nSPS) is 16.8. The molecule has 1 aromatic rings. The second-order valence-corrected chi connectivity index (χ2v) is 7.11. The van der Waals surface area contributed by atoms with Gasteiger partial charge in [-0.2, -0.15) is 0 Å². The second kappa shape index (κ2) is 8.49. The Hall–Kier alpha value is -1.59. The molecule has 1 saturated heterocycles. The largest absolute Gasteiger partial charge is 0.484 e. The molecule has 1 amide bonds. The molecular weight excluding hydrogens is 302 g/mol. The third-order valence-electron chi connectivity index (χ3n) is 4.78. The summed E-state index contributed by atoms with van der Waals surface area (Å²) in [5.74, 6) is 0.654. The number of amides is 1. The Labute approximate surface area is 146 Å². The van der Waals surface area contributed by atoms with Crippen LogP contribution in [0.2, 0.25) is 0 Å². The number of carbonyl (C=O) groups excluding carboxylic acids is 1. The molecule has 0 radical (unpaired) electrons. The minimum Gasteiger partial charge on any atom is -0.484 e. The third kappa shape index (κ3) is 5.49. The van der Waals surface area contributed by atoms with Crippen LogP contribution in [0.5, 0.6) is 5.75 Å². The first-order valence-corrected chi connectivity index (χ1v) is 8.84. The number of nitrogens with zero attached hydrogens (tertiary/aromatic N) is 2. The van der Waals surface area contributed by atoms with Crippen molar-refractivity contribution in [3.05, 3.63) is 29.8 Å². The van der Waals surface area contributed by atoms with E-state index in [4.69, 9.17) is 4.74 Å². The van der Waals surface area contributed by atoms with Gasteiger partial charge in [-0.3, -0.25) is 9.69 Å². The summed E-state index contributed by atoms with van der Waals surface area (Å²) in [7, 11) is 0. The number of aryl methyl sites for hydroxylation is 1. The molecule has 0 atom stereocenters. The quantitative estimate of drug-likeness (QED) is 0.828. The van der Waals surface area contributed by atoms with Crippen molar-refractivity contribution in [2.24, 2.45) is 0 Å². The topological polar surface area (TPSA) is 44.8 Å². The van der Waals surface area contributed by atoms with Gasteiger partial charge in [-0.1, -0.05) is 24.6 Å². The first kappa shape index (κ1) is 18.7. The Balaban J connectivity index is 1.72. The van der Waals surface area contributed by atoms with Crippen LogP contribution in [0.15, 0.2) is 24.3 Å². The van der Waals surface area contributed by atoms with Crippen LogP contribution < -0.4 is 10.1 Å². The molecule has 1 N–H and O–H groups in total. The maximum atomic E-state index is 12.0. The van der Waals surface area contributed by atoms with E-state index < -0.39 is 0 Å². The average molecular weight is 333 g/mol. The summed E-state index contributed by atoms with van der Waals surface area (Å²) in [6.45, 7) is 14.7. The van der Waals surface area contributed by atoms with Crippen molar-refractivity contribution in [2.45, 2.75) is 33.2 Å². The van der Waals surface area contributed by atoms with Crippen LogP contribution in [0, 0.1) is 6.92 Å². The molecule has 0 spiro atoms. The zero-order valence-electron chi connectivity index (χ0n) is 15.5. The van der Waals surface area contributed by atoms with Gasteiger partial charge >= 0.3 is 0 Å². The van der Waals surface area contributed by atoms with E-state index in [1.165, 1.54) is 5.56 Å². The smallest absolute Gasteiger partial charge is 0.258 e. The Kier molecular flexibility index (Phi) is 6.63. The molecule has 5 nitrogen and oxygen atoms in total. The second-order valence-electron chi connectivity index (χ2n) is 7.11. The fourth-order valence-electron chi connectivity index (χ4n) is 2.93. The SMILES string of the molecule is CCN1CCN(C(C)(C)CNC(=O)COc2ccc(C)cc2)CC1. The minimum atomic E-state index is -0.0733. The fourth-order valence-corrected chi connectivity index (χ4v) is 2.93. The Bertz CT molecular complexity index is 520. The Morgan fingerprint density at radius 3 is 2.38 bits per heavy atom. The highest BCUT2D eigenvalue weighted by molar-refractivity contribution is 5.77. The molecule has 1 aliphatic rings. The highest BCUT2D eigenvalue weighted by atomic mass is 16.5. The molecule has 1 fully saturated rings. The summed E-state index contributed by atoms with van der Waals surface area (Å²) in [5.41, 5.74) is 1.14. The van der Waals surface area contributed by atoms with Crippen molar-refractivity contribution >= 4 is 5.91 Å². The summed E-state index contributed by atoms with van der Waals surface area (Å²) in [5, 5.41) is 3.01. The van der Waals surface area contributed by atoms with Gasteiger partial charge < -0.3 is 15.0 Å². The van der Waals surface area contributed by atoms with E-state index in [0.29, 0.717) is 6.54 Å². The number of hydrogen-bond acceptors (Lipinski definition) is 4. The molecule has 1 heterocycles. The maximum Gasteiger partial charge on any atom is 0.258 e. The molecule has 24 heavy (non-hydrogen) atoms. The van der Waals surface area contributed by atoms with E-state index in [1.54, 1.807) is 0 Å². The fraction of sp³-hybridized carbons (Fsp3) is 0.632. The van der Waals surface area contributed by atoms with Crippen molar-refractivity contribution in [2.75, 3.05) is 45.9 Å². The molecule has 2 rings (SSSR count). The number of rotatable bonds is 7. The van der Waals surface area contributed by atoms with E-state index in [0.717, 1.165) is 38.5 Å². The van der Waals surface area contributed by atoms with Gasteiger partial charge in [-0.25, -0.2) is 0 Å². The lowest BCUT2D eigenvalue weighted by Gasteiger charge is -2.44. The third-order valence-corrected chi connectivity index (χ3v) is 4.78. The molecule has 0 aromatic heterocycles. The number of piperazine rings is 1. The van der Waals surface area contributed by atoms with Crippen molar-refractivity contribution < 1.29 is 9.53 Å². The lowest BCUT2D eigenvalue weighted by atomic mass is 10.0. The number of carbonyl (C=O) groups is 1. The van der Waals surface area contributed by atoms with Gasteiger partial charge in [0.25, 0.3) is 5.91 Å². The zero-order chi connectivity index (χ0) is 17.6. The first-order valence-electron chi connectivity index (χ1n) is 8.84. The maximum absolute atomic E-state index is 12.0. The molecule has 134 valence electrons. The highest BCUT2D eigenvalue weighted by Crippen LogP contribution is 2.16. The first-order chi connectivity index (χ1) is 11.4. The predicted octanol–water partition coefficient (Wildman–Crippen LogP) is 1.91. The van der Waals surface area contributed by atoms with Gasteiger partial charge in [0.05, 0.1) is 0 Å². The van der Waals surface area contributed by atoms with Gasteiger partial charge in [0.15, 0.2) is 6.61 Å². The van der Waals surface area contributed by atoms with Crippen LogP contribution in [0.4, 0.5) is 0 Å². The van der Waals surface area contributed by atoms with Crippen molar-refractivity contribution in [1.82, 2.24) is 15.1 Å². The lowest BCUT2D eigenvalue weighted by Crippen LogP contribution is -2.58. The number of likely N-dealkylation sites (N-methyl/N-ethyl adjacent to an activating group) is 1. The summed E-state index contributed by atoms with van der Waals surface area (Å²) < 4.78 is 5.53. The highest BCUT2D eigenvalue weighted by Gasteiger charge is 2.29. The number of ether oxygens (including phenoxy) is 1. The van der Waals surface area contributed by atoms with Crippen LogP contribution in [-0.4, -0.2) is 67.1 Å². The molecule has 5 heteroatoms. The molecule has 0 bridgehead atoms. The monoisotopic (exact) mass is 333 g/mol.